The maximum absolute atomic E-state index is 13.2. The summed E-state index contributed by atoms with van der Waals surface area (Å²) in [4.78, 5) is 230. The molecule has 11 heterocycles. The van der Waals surface area contributed by atoms with E-state index in [0.717, 1.165) is 37.9 Å². The molecule has 3 unspecified atom stereocenters. The van der Waals surface area contributed by atoms with Gasteiger partial charge in [-0.1, -0.05) is 188 Å². The van der Waals surface area contributed by atoms with Crippen LogP contribution in [-0.2, 0) is 125 Å². The van der Waals surface area contributed by atoms with Crippen molar-refractivity contribution in [1.29, 1.82) is 0 Å². The normalized spacial score (nSPS) is 17.6. The van der Waals surface area contributed by atoms with Gasteiger partial charge in [-0.15, -0.1) is 12.4 Å². The maximum atomic E-state index is 13.2. The number of aliphatic imine (C=N–C) groups is 2. The van der Waals surface area contributed by atoms with E-state index >= 15 is 0 Å². The number of esters is 4. The third-order valence-electron chi connectivity index (χ3n) is 22.9. The highest BCUT2D eigenvalue weighted by Gasteiger charge is 2.41. The number of aryl methyl sites for hydroxylation is 5. The number of aromatic nitrogens is 8. The van der Waals surface area contributed by atoms with Crippen LogP contribution in [0.1, 0.15) is 159 Å². The van der Waals surface area contributed by atoms with Gasteiger partial charge in [0.05, 0.1) is 69.3 Å². The number of carbonyl (C=O) groups excluding carboxylic acids is 11. The van der Waals surface area contributed by atoms with E-state index in [9.17, 15) is 86.6 Å². The van der Waals surface area contributed by atoms with Crippen LogP contribution in [0.5, 0.6) is 0 Å². The molecule has 42 heteroatoms. The van der Waals surface area contributed by atoms with Crippen LogP contribution in [-0.4, -0.2) is 175 Å². The number of aliphatic carboxylic acids is 2. The third-order valence-corrected chi connectivity index (χ3v) is 22.9. The Kier molecular flexibility index (Phi) is 40.6. The van der Waals surface area contributed by atoms with Crippen molar-refractivity contribution in [3.05, 3.63) is 341 Å². The number of hydrogen-bond donors (Lipinski definition) is 9. The first kappa shape index (κ1) is 110. The van der Waals surface area contributed by atoms with Gasteiger partial charge in [-0.3, -0.25) is 80.8 Å². The lowest BCUT2D eigenvalue weighted by molar-refractivity contribution is -0.168. The molecule has 0 spiro atoms. The van der Waals surface area contributed by atoms with Crippen molar-refractivity contribution < 1.29 is 96.2 Å². The summed E-state index contributed by atoms with van der Waals surface area (Å²) in [6, 6.07) is 50.8. The Labute approximate surface area is 846 Å². The van der Waals surface area contributed by atoms with Crippen molar-refractivity contribution in [2.45, 2.75) is 166 Å². The minimum atomic E-state index is -1.23. The Morgan fingerprint density at radius 2 is 0.891 bits per heavy atom. The first-order chi connectivity index (χ1) is 70.5. The van der Waals surface area contributed by atoms with Crippen molar-refractivity contribution in [1.82, 2.24) is 48.8 Å². The van der Waals surface area contributed by atoms with Gasteiger partial charge < -0.3 is 76.3 Å². The van der Waals surface area contributed by atoms with Crippen LogP contribution in [0.2, 0.25) is 0 Å². The number of cyclic esters (lactones) is 2. The highest BCUT2D eigenvalue weighted by atomic mass is 35.5. The quantitative estimate of drug-likeness (QED) is 0.00875. The van der Waals surface area contributed by atoms with Gasteiger partial charge in [-0.25, -0.2) is 44.1 Å². The number of amidine groups is 1. The number of nitrogens with two attached hydrogens (primary N) is 1. The predicted octanol–water partition coefficient (Wildman–Crippen LogP) is 9.28. The summed E-state index contributed by atoms with van der Waals surface area (Å²) in [7, 11) is 0. The van der Waals surface area contributed by atoms with E-state index in [-0.39, 0.29) is 85.6 Å². The molecular weight excluding hydrogens is 1920 g/mol. The SMILES string of the molecule is C/C=C1N=C(/C=C/c2ccccc2)OC\1=O.CCOC(=O)C1CCC(N)=N1.CCOC(=O)[C@@H]1CCc2ncc(NC(=O)/C=C/c3ccccc3)c(=O)n21.Cl.O=C(/C=C/c1ccccc1)Nc1cnc2n(c1=O)[C@H](C(=O)NC1CC(=O)OC1OCc1ccccc1)CC2.O=C(/C=C/c1ccccc1)Nc1cnc2n(c1=O)[C@H](C(=O)O)CC2.O=C[C@H](CC(=O)O)NC(=O)[C@@H]1CCc2ncc(NC(=O)CCc3ccccc3)c(=O)n21. The van der Waals surface area contributed by atoms with Gasteiger partial charge in [0.25, 0.3) is 22.2 Å². The summed E-state index contributed by atoms with van der Waals surface area (Å²) < 4.78 is 30.7. The molecule has 147 heavy (non-hydrogen) atoms. The molecule has 8 atom stereocenters. The smallest absolute Gasteiger partial charge is 0.363 e. The van der Waals surface area contributed by atoms with Gasteiger partial charge in [0.1, 0.15) is 94.3 Å². The molecule has 17 rings (SSSR count). The fourth-order valence-corrected chi connectivity index (χ4v) is 15.8. The second kappa shape index (κ2) is 54.5. The fourth-order valence-electron chi connectivity index (χ4n) is 15.8. The lowest BCUT2D eigenvalue weighted by atomic mass is 10.1. The number of allylic oxidation sites excluding steroid dienone is 1. The molecule has 0 bridgehead atoms. The number of carboxylic acids is 2. The number of hydrogen-bond acceptors (Lipinski definition) is 29. The summed E-state index contributed by atoms with van der Waals surface area (Å²) in [6.07, 6.45) is 23.2. The molecule has 6 amide bonds. The van der Waals surface area contributed by atoms with Gasteiger partial charge in [-0.05, 0) is 117 Å². The Balaban J connectivity index is 0.000000173. The first-order valence-electron chi connectivity index (χ1n) is 46.6. The molecule has 762 valence electrons. The molecule has 10 N–H and O–H groups in total. The highest BCUT2D eigenvalue weighted by molar-refractivity contribution is 6.10. The number of nitrogens with zero attached hydrogens (tertiary/aromatic N) is 10. The Morgan fingerprint density at radius 3 is 1.31 bits per heavy atom. The number of ether oxygens (including phenoxy) is 5. The molecule has 6 aromatic carbocycles. The summed E-state index contributed by atoms with van der Waals surface area (Å²) >= 11 is 0. The van der Waals surface area contributed by atoms with Gasteiger partial charge in [0.15, 0.2) is 0 Å². The Morgan fingerprint density at radius 1 is 0.490 bits per heavy atom. The Bertz CT molecular complexity index is 6940. The van der Waals surface area contributed by atoms with Gasteiger partial charge in [0, 0.05) is 62.8 Å². The number of nitrogens with one attached hydrogen (secondary N) is 6. The summed E-state index contributed by atoms with van der Waals surface area (Å²) in [5.74, 6) is -4.10. The number of benzene rings is 6. The average molecular weight is 2030 g/mol. The van der Waals surface area contributed by atoms with Crippen molar-refractivity contribution in [2.75, 3.05) is 34.5 Å². The van der Waals surface area contributed by atoms with Crippen LogP contribution in [0, 0.1) is 0 Å². The number of amides is 6. The zero-order valence-corrected chi connectivity index (χ0v) is 80.7. The molecule has 1 saturated heterocycles. The van der Waals surface area contributed by atoms with Crippen molar-refractivity contribution in [3.8, 4) is 0 Å². The second-order valence-electron chi connectivity index (χ2n) is 33.1. The molecule has 7 aliphatic heterocycles. The van der Waals surface area contributed by atoms with Gasteiger partial charge in [0.2, 0.25) is 47.6 Å². The molecule has 0 aliphatic carbocycles. The molecule has 10 aromatic rings. The average Bonchev–Trinajstić information content (AvgIpc) is 1.63. The zero-order valence-electron chi connectivity index (χ0n) is 79.9. The standard InChI is InChI=1S/C28H26N4O6.C21H22N4O6.C19H19N3O4.C17H15N3O4.C13H11NO2.C7H12N2O2.ClH/c33-24(14-11-18-7-3-1-4-8-18)30-21-16-29-23-13-12-22(32(23)27(21)36)26(35)31-20-15-25(34)38-28(20)37-17-19-9-5-2-6-10-19;26-12-14(10-19(28)29)23-20(30)16-7-8-17-22-11-15(21(31)25(16)17)24-18(27)9-6-13-4-2-1-3-5-13;1-2-26-19(25)15-9-10-16-20-12-14(18(24)22(15)16)21-17(23)11-8-13-6-4-3-5-7-13;21-15(9-6-11-4-2-1-3-5-11)19-12-10-18-14-8-7-13(17(23)24)20(14)16(12)22;1-2-11-13(15)16-12(14-11)9-8-10-6-4-3-5-7-10;1-2-11-7(10)5-3-4-6(8)9-5;/h1-11,14,16,20,22,28H,12-13,15,17H2,(H,30,33)(H,31,35);1-5,11-12,14,16H,6-10H2,(H,23,30)(H,24,27)(H,28,29);3-8,11-12,15H,2,9-10H2,1H3,(H,21,23);1-6,9-10,13H,7-8H2,(H,19,21)(H,23,24);2-9H,1H3;5H,2-4H2,1H3,(H2,8,9);1H/b14-11+;;11-8+;9-6+;9-8+,11-2-;;/t20?,22-,28?;14-,16-;15-;13-;;;/m0000.../s1. The highest BCUT2D eigenvalue weighted by Crippen LogP contribution is 2.30. The van der Waals surface area contributed by atoms with E-state index in [0.29, 0.717) is 118 Å². The minimum absolute atomic E-state index is 0. The fraction of sp³-hybridized carbons (Fsp3) is 0.267. The van der Waals surface area contributed by atoms with E-state index < -0.39 is 131 Å². The number of carbonyl (C=O) groups is 13. The van der Waals surface area contributed by atoms with Crippen LogP contribution in [0.15, 0.2) is 272 Å². The lowest BCUT2D eigenvalue weighted by Gasteiger charge is -2.22. The summed E-state index contributed by atoms with van der Waals surface area (Å²) in [6.45, 7) is 6.11. The topological polar surface area (TPSA) is 571 Å². The van der Waals surface area contributed by atoms with E-state index in [1.165, 1.54) is 56.7 Å². The second-order valence-corrected chi connectivity index (χ2v) is 33.1. The van der Waals surface area contributed by atoms with E-state index in [4.69, 9.17) is 34.5 Å². The van der Waals surface area contributed by atoms with E-state index in [1.807, 2.05) is 188 Å². The maximum Gasteiger partial charge on any atom is 0.363 e. The lowest BCUT2D eigenvalue weighted by Crippen LogP contribution is -2.45. The molecule has 7 aliphatic rings. The van der Waals surface area contributed by atoms with Crippen LogP contribution in [0.25, 0.3) is 24.3 Å². The number of rotatable bonds is 30. The third kappa shape index (κ3) is 31.4. The zero-order chi connectivity index (χ0) is 104. The van der Waals surface area contributed by atoms with E-state index in [2.05, 4.69) is 61.8 Å². The van der Waals surface area contributed by atoms with Crippen molar-refractivity contribution in [2.24, 2.45) is 15.7 Å². The largest absolute Gasteiger partial charge is 0.481 e. The first-order valence-corrected chi connectivity index (χ1v) is 46.6. The molecule has 0 radical (unpaired) electrons. The summed E-state index contributed by atoms with van der Waals surface area (Å²) in [5.41, 5.74) is 9.07. The molecule has 1 fully saturated rings. The van der Waals surface area contributed by atoms with Gasteiger partial charge >= 0.3 is 35.8 Å². The molecule has 41 nitrogen and oxygen atoms in total. The molecule has 0 saturated carbocycles. The monoisotopic (exact) mass is 2020 g/mol. The van der Waals surface area contributed by atoms with Crippen molar-refractivity contribution >= 4 is 149 Å². The number of anilines is 4. The number of aldehydes is 1. The van der Waals surface area contributed by atoms with Crippen LogP contribution in [0.3, 0.4) is 0 Å². The van der Waals surface area contributed by atoms with Crippen LogP contribution >= 0.6 is 12.4 Å². The molecular formula is C105H106ClN17O24. The minimum Gasteiger partial charge on any atom is -0.481 e. The summed E-state index contributed by atoms with van der Waals surface area (Å²) in [5, 5.41) is 33.2. The van der Waals surface area contributed by atoms with Crippen molar-refractivity contribution in [3.63, 3.8) is 0 Å². The van der Waals surface area contributed by atoms with Crippen LogP contribution in [0.4, 0.5) is 22.7 Å². The molecule has 4 aromatic heterocycles. The predicted molar refractivity (Wildman–Crippen MR) is 543 cm³/mol. The number of fused-ring (bicyclic) bond motifs is 4. The number of halogens is 1. The Hall–Kier alpha value is -17.8. The van der Waals surface area contributed by atoms with Crippen LogP contribution < -0.4 is 59.9 Å². The van der Waals surface area contributed by atoms with Gasteiger partial charge in [-0.2, -0.15) is 0 Å². The van der Waals surface area contributed by atoms with E-state index in [1.54, 1.807) is 51.2 Å². The number of carboxylic acid groups (broad SMARTS) is 2.